The van der Waals surface area contributed by atoms with Crippen molar-refractivity contribution in [2.75, 3.05) is 18.5 Å². The molecular formula is C16H15BrFNO2. The largest absolute Gasteiger partial charge is 0.486 e. The molecule has 0 spiro atoms. The van der Waals surface area contributed by atoms with Crippen molar-refractivity contribution in [1.82, 2.24) is 0 Å². The third-order valence-corrected chi connectivity index (χ3v) is 3.96. The molecule has 3 nitrogen and oxygen atoms in total. The van der Waals surface area contributed by atoms with Crippen LogP contribution in [0, 0.1) is 12.7 Å². The molecule has 0 bridgehead atoms. The van der Waals surface area contributed by atoms with E-state index in [1.54, 1.807) is 6.07 Å². The van der Waals surface area contributed by atoms with Gasteiger partial charge in [0.25, 0.3) is 0 Å². The number of rotatable bonds is 3. The molecule has 0 aliphatic carbocycles. The Balaban J connectivity index is 1.74. The summed E-state index contributed by atoms with van der Waals surface area (Å²) in [6.45, 7) is 3.69. The van der Waals surface area contributed by atoms with Crippen molar-refractivity contribution in [2.45, 2.75) is 13.5 Å². The van der Waals surface area contributed by atoms with Crippen molar-refractivity contribution >= 4 is 21.6 Å². The minimum atomic E-state index is -0.273. The molecule has 0 unspecified atom stereocenters. The molecule has 1 heterocycles. The summed E-state index contributed by atoms with van der Waals surface area (Å²) in [5.74, 6) is 1.26. The first-order valence-electron chi connectivity index (χ1n) is 6.71. The van der Waals surface area contributed by atoms with E-state index in [0.29, 0.717) is 24.2 Å². The van der Waals surface area contributed by atoms with Gasteiger partial charge in [-0.05, 0) is 58.2 Å². The highest BCUT2D eigenvalue weighted by Crippen LogP contribution is 2.31. The summed E-state index contributed by atoms with van der Waals surface area (Å²) in [6.07, 6.45) is 0. The van der Waals surface area contributed by atoms with Crippen LogP contribution in [0.5, 0.6) is 11.5 Å². The van der Waals surface area contributed by atoms with Crippen LogP contribution in [-0.2, 0) is 6.54 Å². The molecular weight excluding hydrogens is 337 g/mol. The molecule has 2 aromatic rings. The monoisotopic (exact) mass is 351 g/mol. The number of fused-ring (bicyclic) bond motifs is 1. The van der Waals surface area contributed by atoms with E-state index in [1.165, 1.54) is 6.07 Å². The Hall–Kier alpha value is -1.75. The SMILES string of the molecule is Cc1cc(Br)c(F)cc1NCc1ccc2c(c1)OCCO2. The molecule has 0 saturated heterocycles. The average molecular weight is 352 g/mol. The summed E-state index contributed by atoms with van der Waals surface area (Å²) in [5, 5.41) is 3.25. The Labute approximate surface area is 131 Å². The van der Waals surface area contributed by atoms with Gasteiger partial charge in [-0.15, -0.1) is 0 Å². The molecule has 0 aromatic heterocycles. The normalized spacial score (nSPS) is 13.1. The second-order valence-corrected chi connectivity index (χ2v) is 5.77. The van der Waals surface area contributed by atoms with Crippen molar-refractivity contribution in [3.63, 3.8) is 0 Å². The van der Waals surface area contributed by atoms with Gasteiger partial charge in [0.1, 0.15) is 19.0 Å². The predicted octanol–water partition coefficient (Wildman–Crippen LogP) is 4.28. The lowest BCUT2D eigenvalue weighted by atomic mass is 10.1. The van der Waals surface area contributed by atoms with Crippen molar-refractivity contribution < 1.29 is 13.9 Å². The van der Waals surface area contributed by atoms with E-state index in [1.807, 2.05) is 25.1 Å². The number of nitrogens with one attached hydrogen (secondary N) is 1. The molecule has 3 rings (SSSR count). The van der Waals surface area contributed by atoms with Gasteiger partial charge >= 0.3 is 0 Å². The summed E-state index contributed by atoms with van der Waals surface area (Å²) < 4.78 is 25.1. The quantitative estimate of drug-likeness (QED) is 0.895. The van der Waals surface area contributed by atoms with E-state index in [4.69, 9.17) is 9.47 Å². The highest BCUT2D eigenvalue weighted by atomic mass is 79.9. The summed E-state index contributed by atoms with van der Waals surface area (Å²) in [4.78, 5) is 0. The number of halogens is 2. The van der Waals surface area contributed by atoms with Gasteiger partial charge in [0, 0.05) is 12.2 Å². The molecule has 0 amide bonds. The van der Waals surface area contributed by atoms with Crippen LogP contribution < -0.4 is 14.8 Å². The van der Waals surface area contributed by atoms with E-state index in [-0.39, 0.29) is 5.82 Å². The maximum Gasteiger partial charge on any atom is 0.161 e. The third kappa shape index (κ3) is 3.13. The first-order chi connectivity index (χ1) is 10.1. The Morgan fingerprint density at radius 3 is 2.71 bits per heavy atom. The maximum absolute atomic E-state index is 13.6. The van der Waals surface area contributed by atoms with Crippen molar-refractivity contribution in [3.8, 4) is 11.5 Å². The number of anilines is 1. The van der Waals surface area contributed by atoms with Crippen molar-refractivity contribution in [2.24, 2.45) is 0 Å². The highest BCUT2D eigenvalue weighted by molar-refractivity contribution is 9.10. The van der Waals surface area contributed by atoms with Crippen LogP contribution in [0.15, 0.2) is 34.8 Å². The summed E-state index contributed by atoms with van der Waals surface area (Å²) >= 11 is 3.18. The van der Waals surface area contributed by atoms with E-state index in [0.717, 1.165) is 28.3 Å². The molecule has 0 saturated carbocycles. The fourth-order valence-corrected chi connectivity index (χ4v) is 2.69. The predicted molar refractivity (Wildman–Crippen MR) is 83.6 cm³/mol. The number of hydrogen-bond acceptors (Lipinski definition) is 3. The molecule has 1 aliphatic rings. The number of benzene rings is 2. The molecule has 1 aliphatic heterocycles. The molecule has 2 aromatic carbocycles. The summed E-state index contributed by atoms with van der Waals surface area (Å²) in [6, 6.07) is 9.09. The van der Waals surface area contributed by atoms with Crippen LogP contribution in [0.3, 0.4) is 0 Å². The van der Waals surface area contributed by atoms with Gasteiger partial charge in [0.15, 0.2) is 11.5 Å². The van der Waals surface area contributed by atoms with Crippen LogP contribution in [0.2, 0.25) is 0 Å². The van der Waals surface area contributed by atoms with Crippen LogP contribution in [0.4, 0.5) is 10.1 Å². The van der Waals surface area contributed by atoms with E-state index >= 15 is 0 Å². The molecule has 0 atom stereocenters. The third-order valence-electron chi connectivity index (χ3n) is 3.36. The zero-order valence-corrected chi connectivity index (χ0v) is 13.2. The smallest absolute Gasteiger partial charge is 0.161 e. The second-order valence-electron chi connectivity index (χ2n) is 4.91. The topological polar surface area (TPSA) is 30.5 Å². The van der Waals surface area contributed by atoms with Crippen molar-refractivity contribution in [3.05, 3.63) is 51.7 Å². The second kappa shape index (κ2) is 5.93. The van der Waals surface area contributed by atoms with E-state index < -0.39 is 0 Å². The first kappa shape index (κ1) is 14.2. The Morgan fingerprint density at radius 1 is 1.14 bits per heavy atom. The fourth-order valence-electron chi connectivity index (χ4n) is 2.23. The Morgan fingerprint density at radius 2 is 1.90 bits per heavy atom. The fraction of sp³-hybridized carbons (Fsp3) is 0.250. The summed E-state index contributed by atoms with van der Waals surface area (Å²) in [7, 11) is 0. The summed E-state index contributed by atoms with van der Waals surface area (Å²) in [5.41, 5.74) is 2.83. The van der Waals surface area contributed by atoms with Crippen LogP contribution in [-0.4, -0.2) is 13.2 Å². The van der Waals surface area contributed by atoms with E-state index in [2.05, 4.69) is 21.2 Å². The molecule has 110 valence electrons. The van der Waals surface area contributed by atoms with Crippen LogP contribution in [0.25, 0.3) is 0 Å². The standard InChI is InChI=1S/C16H15BrFNO2/c1-10-6-12(17)13(18)8-14(10)19-9-11-2-3-15-16(7-11)21-5-4-20-15/h2-3,6-8,19H,4-5,9H2,1H3. The van der Waals surface area contributed by atoms with Gasteiger partial charge in [-0.1, -0.05) is 6.07 Å². The molecule has 21 heavy (non-hydrogen) atoms. The number of ether oxygens (including phenoxy) is 2. The molecule has 0 radical (unpaired) electrons. The van der Waals surface area contributed by atoms with Crippen LogP contribution in [0.1, 0.15) is 11.1 Å². The van der Waals surface area contributed by atoms with Gasteiger partial charge in [0.2, 0.25) is 0 Å². The first-order valence-corrected chi connectivity index (χ1v) is 7.51. The Bertz CT molecular complexity index is 676. The zero-order chi connectivity index (χ0) is 14.8. The van der Waals surface area contributed by atoms with Crippen molar-refractivity contribution in [1.29, 1.82) is 0 Å². The Kier molecular flexibility index (Phi) is 4.01. The lowest BCUT2D eigenvalue weighted by Crippen LogP contribution is -2.15. The van der Waals surface area contributed by atoms with Crippen LogP contribution >= 0.6 is 15.9 Å². The molecule has 1 N–H and O–H groups in total. The van der Waals surface area contributed by atoms with Gasteiger partial charge in [0.05, 0.1) is 4.47 Å². The van der Waals surface area contributed by atoms with Gasteiger partial charge < -0.3 is 14.8 Å². The average Bonchev–Trinajstić information content (AvgIpc) is 2.49. The van der Waals surface area contributed by atoms with E-state index in [9.17, 15) is 4.39 Å². The molecule has 5 heteroatoms. The van der Waals surface area contributed by atoms with Gasteiger partial charge in [-0.25, -0.2) is 4.39 Å². The maximum atomic E-state index is 13.6. The minimum absolute atomic E-state index is 0.273. The van der Waals surface area contributed by atoms with Gasteiger partial charge in [-0.3, -0.25) is 0 Å². The molecule has 0 fully saturated rings. The van der Waals surface area contributed by atoms with Gasteiger partial charge in [-0.2, -0.15) is 0 Å². The number of hydrogen-bond donors (Lipinski definition) is 1. The lowest BCUT2D eigenvalue weighted by Gasteiger charge is -2.19. The minimum Gasteiger partial charge on any atom is -0.486 e. The zero-order valence-electron chi connectivity index (χ0n) is 11.6. The lowest BCUT2D eigenvalue weighted by molar-refractivity contribution is 0.171. The highest BCUT2D eigenvalue weighted by Gasteiger charge is 2.12. The number of aryl methyl sites for hydroxylation is 1.